The van der Waals surface area contributed by atoms with Gasteiger partial charge in [0.25, 0.3) is 0 Å². The van der Waals surface area contributed by atoms with Crippen LogP contribution in [0.1, 0.15) is 25.3 Å². The van der Waals surface area contributed by atoms with Gasteiger partial charge in [-0.25, -0.2) is 12.7 Å². The molecule has 1 N–H and O–H groups in total. The summed E-state index contributed by atoms with van der Waals surface area (Å²) in [6, 6.07) is 9.33. The van der Waals surface area contributed by atoms with Crippen LogP contribution >= 0.6 is 11.8 Å². The normalized spacial score (nSPS) is 19.2. The van der Waals surface area contributed by atoms with E-state index < -0.39 is 10.0 Å². The maximum atomic E-state index is 11.5. The Morgan fingerprint density at radius 3 is 2.55 bits per heavy atom. The van der Waals surface area contributed by atoms with Crippen molar-refractivity contribution in [3.63, 3.8) is 0 Å². The summed E-state index contributed by atoms with van der Waals surface area (Å²) in [7, 11) is -3.03. The molecule has 1 aromatic rings. The third kappa shape index (κ3) is 4.98. The molecule has 0 amide bonds. The van der Waals surface area contributed by atoms with Crippen molar-refractivity contribution in [2.75, 3.05) is 25.6 Å². The maximum Gasteiger partial charge on any atom is 0.211 e. The van der Waals surface area contributed by atoms with Gasteiger partial charge in [0, 0.05) is 30.1 Å². The molecule has 0 aliphatic carbocycles. The molecule has 124 valence electrons. The highest BCUT2D eigenvalue weighted by Gasteiger charge is 2.25. The van der Waals surface area contributed by atoms with Gasteiger partial charge in [0.05, 0.1) is 6.26 Å². The first-order valence-electron chi connectivity index (χ1n) is 7.73. The minimum Gasteiger partial charge on any atom is -0.311 e. The summed E-state index contributed by atoms with van der Waals surface area (Å²) in [6.07, 6.45) is 6.19. The zero-order chi connectivity index (χ0) is 16.2. The summed E-state index contributed by atoms with van der Waals surface area (Å²) >= 11 is 1.79. The largest absolute Gasteiger partial charge is 0.311 e. The van der Waals surface area contributed by atoms with E-state index in [9.17, 15) is 8.42 Å². The lowest BCUT2D eigenvalue weighted by Gasteiger charge is -2.32. The molecule has 1 fully saturated rings. The summed E-state index contributed by atoms with van der Waals surface area (Å²) in [4.78, 5) is 1.34. The number of rotatable bonds is 6. The second-order valence-electron chi connectivity index (χ2n) is 6.02. The molecule has 2 rings (SSSR count). The number of nitrogens with zero attached hydrogens (tertiary/aromatic N) is 1. The van der Waals surface area contributed by atoms with Gasteiger partial charge >= 0.3 is 0 Å². The summed E-state index contributed by atoms with van der Waals surface area (Å²) in [5.41, 5.74) is 1.38. The van der Waals surface area contributed by atoms with Crippen molar-refractivity contribution in [2.24, 2.45) is 0 Å². The predicted octanol–water partition coefficient (Wildman–Crippen LogP) is 2.35. The van der Waals surface area contributed by atoms with Crippen LogP contribution in [-0.2, 0) is 16.4 Å². The second-order valence-corrected chi connectivity index (χ2v) is 8.85. The number of piperidine rings is 1. The Kier molecular flexibility index (Phi) is 6.32. The Labute approximate surface area is 138 Å². The Morgan fingerprint density at radius 2 is 1.95 bits per heavy atom. The first kappa shape index (κ1) is 17.8. The van der Waals surface area contributed by atoms with Crippen LogP contribution in [0, 0.1) is 0 Å². The molecule has 1 saturated heterocycles. The Morgan fingerprint density at radius 1 is 1.32 bits per heavy atom. The maximum absolute atomic E-state index is 11.5. The molecule has 0 bridgehead atoms. The number of benzene rings is 1. The zero-order valence-corrected chi connectivity index (χ0v) is 15.2. The summed E-state index contributed by atoms with van der Waals surface area (Å²) in [6.45, 7) is 3.47. The van der Waals surface area contributed by atoms with E-state index in [0.717, 1.165) is 19.3 Å². The van der Waals surface area contributed by atoms with Crippen LogP contribution in [0.3, 0.4) is 0 Å². The van der Waals surface area contributed by atoms with E-state index >= 15 is 0 Å². The van der Waals surface area contributed by atoms with Crippen LogP contribution in [0.4, 0.5) is 0 Å². The van der Waals surface area contributed by atoms with Crippen molar-refractivity contribution < 1.29 is 8.42 Å². The quantitative estimate of drug-likeness (QED) is 0.806. The molecule has 22 heavy (non-hydrogen) atoms. The van der Waals surface area contributed by atoms with Gasteiger partial charge in [0.1, 0.15) is 0 Å². The fourth-order valence-corrected chi connectivity index (χ4v) is 4.52. The summed E-state index contributed by atoms with van der Waals surface area (Å²) in [5.74, 6) is 0. The number of sulfonamides is 1. The Balaban J connectivity index is 1.85. The van der Waals surface area contributed by atoms with E-state index in [4.69, 9.17) is 0 Å². The van der Waals surface area contributed by atoms with Gasteiger partial charge in [-0.2, -0.15) is 0 Å². The number of hydrogen-bond acceptors (Lipinski definition) is 4. The Hall–Kier alpha value is -0.560. The minimum atomic E-state index is -3.03. The molecule has 0 radical (unpaired) electrons. The molecule has 0 spiro atoms. The third-order valence-corrected chi connectivity index (χ3v) is 6.30. The number of thioether (sulfide) groups is 1. The van der Waals surface area contributed by atoms with Crippen LogP contribution in [0.2, 0.25) is 0 Å². The lowest BCUT2D eigenvalue weighted by atomic mass is 10.0. The highest BCUT2D eigenvalue weighted by molar-refractivity contribution is 7.98. The minimum absolute atomic E-state index is 0.392. The van der Waals surface area contributed by atoms with Crippen LogP contribution < -0.4 is 5.32 Å². The number of nitrogens with one attached hydrogen (secondary N) is 1. The summed E-state index contributed by atoms with van der Waals surface area (Å²) < 4.78 is 24.6. The van der Waals surface area contributed by atoms with E-state index in [1.807, 2.05) is 0 Å². The van der Waals surface area contributed by atoms with Crippen molar-refractivity contribution in [2.45, 2.75) is 43.2 Å². The average molecular weight is 343 g/mol. The van der Waals surface area contributed by atoms with Crippen LogP contribution in [0.5, 0.6) is 0 Å². The van der Waals surface area contributed by atoms with Crippen LogP contribution in [0.15, 0.2) is 29.2 Å². The van der Waals surface area contributed by atoms with Gasteiger partial charge in [0.2, 0.25) is 10.0 Å². The van der Waals surface area contributed by atoms with Gasteiger partial charge in [-0.05, 0) is 44.1 Å². The van der Waals surface area contributed by atoms with Crippen molar-refractivity contribution in [3.05, 3.63) is 29.8 Å². The highest BCUT2D eigenvalue weighted by Crippen LogP contribution is 2.21. The van der Waals surface area contributed by atoms with Gasteiger partial charge in [0.15, 0.2) is 0 Å². The molecule has 6 heteroatoms. The number of hydrogen-bond donors (Lipinski definition) is 1. The van der Waals surface area contributed by atoms with Crippen molar-refractivity contribution in [1.29, 1.82) is 0 Å². The van der Waals surface area contributed by atoms with Gasteiger partial charge in [-0.3, -0.25) is 0 Å². The second kappa shape index (κ2) is 7.81. The molecule has 1 aliphatic heterocycles. The first-order chi connectivity index (χ1) is 10.4. The van der Waals surface area contributed by atoms with E-state index in [2.05, 4.69) is 42.8 Å². The predicted molar refractivity (Wildman–Crippen MR) is 94.0 cm³/mol. The molecule has 1 atom stereocenters. The summed E-state index contributed by atoms with van der Waals surface area (Å²) in [5, 5.41) is 3.66. The molecule has 1 aromatic carbocycles. The third-order valence-electron chi connectivity index (χ3n) is 4.16. The Bertz CT molecular complexity index is 582. The van der Waals surface area contributed by atoms with E-state index in [0.29, 0.717) is 25.2 Å². The van der Waals surface area contributed by atoms with Gasteiger partial charge < -0.3 is 5.32 Å². The molecular weight excluding hydrogens is 316 g/mol. The topological polar surface area (TPSA) is 49.4 Å². The van der Waals surface area contributed by atoms with Crippen LogP contribution in [0.25, 0.3) is 0 Å². The van der Waals surface area contributed by atoms with Crippen molar-refractivity contribution >= 4 is 21.8 Å². The molecule has 0 saturated carbocycles. The molecular formula is C16H26N2O2S2. The standard InChI is InChI=1S/C16H26N2O2S2/c1-13(12-14-6-4-5-7-16(14)21-2)17-15-8-10-18(11-9-15)22(3,19)20/h4-7,13,15,17H,8-12H2,1-3H3. The monoisotopic (exact) mass is 342 g/mol. The first-order valence-corrected chi connectivity index (χ1v) is 10.8. The molecule has 4 nitrogen and oxygen atoms in total. The average Bonchev–Trinajstić information content (AvgIpc) is 2.47. The van der Waals surface area contributed by atoms with E-state index in [1.54, 1.807) is 16.1 Å². The lowest BCUT2D eigenvalue weighted by Crippen LogP contribution is -2.47. The SMILES string of the molecule is CSc1ccccc1CC(C)NC1CCN(S(C)(=O)=O)CC1. The van der Waals surface area contributed by atoms with Crippen molar-refractivity contribution in [1.82, 2.24) is 9.62 Å². The molecule has 1 aliphatic rings. The smallest absolute Gasteiger partial charge is 0.211 e. The fraction of sp³-hybridized carbons (Fsp3) is 0.625. The van der Waals surface area contributed by atoms with Crippen molar-refractivity contribution in [3.8, 4) is 0 Å². The fourth-order valence-electron chi connectivity index (χ4n) is 3.02. The highest BCUT2D eigenvalue weighted by atomic mass is 32.2. The molecule has 0 aromatic heterocycles. The van der Waals surface area contributed by atoms with Crippen LogP contribution in [-0.4, -0.2) is 50.4 Å². The van der Waals surface area contributed by atoms with E-state index in [1.165, 1.54) is 16.7 Å². The van der Waals surface area contributed by atoms with E-state index in [-0.39, 0.29) is 0 Å². The molecule has 1 unspecified atom stereocenters. The zero-order valence-electron chi connectivity index (χ0n) is 13.6. The molecule has 1 heterocycles. The van der Waals surface area contributed by atoms with Gasteiger partial charge in [-0.15, -0.1) is 11.8 Å². The lowest BCUT2D eigenvalue weighted by molar-refractivity contribution is 0.277. The van der Waals surface area contributed by atoms with Gasteiger partial charge in [-0.1, -0.05) is 18.2 Å².